The zero-order valence-corrected chi connectivity index (χ0v) is 10.7. The van der Waals surface area contributed by atoms with Crippen LogP contribution in [-0.2, 0) is 6.54 Å². The molecule has 0 aromatic carbocycles. The van der Waals surface area contributed by atoms with Gasteiger partial charge >= 0.3 is 0 Å². The van der Waals surface area contributed by atoms with Crippen LogP contribution in [0.15, 0.2) is 18.3 Å². The first kappa shape index (κ1) is 11.2. The van der Waals surface area contributed by atoms with Crippen LogP contribution in [0.2, 0.25) is 0 Å². The summed E-state index contributed by atoms with van der Waals surface area (Å²) in [6.07, 6.45) is 1.75. The topological polar surface area (TPSA) is 58.3 Å². The van der Waals surface area contributed by atoms with E-state index in [1.54, 1.807) is 6.20 Å². The van der Waals surface area contributed by atoms with Crippen molar-refractivity contribution in [3.8, 4) is 0 Å². The molecule has 0 saturated heterocycles. The van der Waals surface area contributed by atoms with Crippen LogP contribution in [0.25, 0.3) is 11.0 Å². The zero-order valence-electron chi connectivity index (χ0n) is 10.7. The van der Waals surface area contributed by atoms with E-state index >= 15 is 0 Å². The van der Waals surface area contributed by atoms with Crippen molar-refractivity contribution in [2.24, 2.45) is 0 Å². The highest BCUT2D eigenvalue weighted by Gasteiger charge is 2.29. The first-order valence-corrected chi connectivity index (χ1v) is 6.31. The molecule has 1 aliphatic heterocycles. The van der Waals surface area contributed by atoms with E-state index < -0.39 is 0 Å². The molecule has 0 spiro atoms. The number of aromatic nitrogens is 2. The Labute approximate surface area is 106 Å². The van der Waals surface area contributed by atoms with Gasteiger partial charge in [0.05, 0.1) is 5.69 Å². The Hall–Kier alpha value is -1.88. The molecule has 0 aliphatic carbocycles. The Morgan fingerprint density at radius 1 is 1.33 bits per heavy atom. The average Bonchev–Trinajstić information content (AvgIpc) is 2.77. The largest absolute Gasteiger partial charge is 0.398 e. The smallest absolute Gasteiger partial charge is 0.163 e. The number of hydrogen-bond acceptors (Lipinski definition) is 5. The van der Waals surface area contributed by atoms with Crippen molar-refractivity contribution in [3.05, 3.63) is 23.9 Å². The fourth-order valence-corrected chi connectivity index (χ4v) is 2.55. The number of hydrogen-bond donors (Lipinski definition) is 1. The van der Waals surface area contributed by atoms with Gasteiger partial charge in [-0.2, -0.15) is 0 Å². The van der Waals surface area contributed by atoms with Crippen LogP contribution in [-0.4, -0.2) is 28.1 Å². The van der Waals surface area contributed by atoms with Crippen LogP contribution in [0, 0.1) is 0 Å². The third kappa shape index (κ3) is 1.44. The van der Waals surface area contributed by atoms with E-state index in [1.807, 2.05) is 12.1 Å². The second kappa shape index (κ2) is 4.10. The molecule has 0 amide bonds. The van der Waals surface area contributed by atoms with E-state index in [1.165, 1.54) is 0 Å². The number of fused-ring (bicyclic) bond motifs is 2. The van der Waals surface area contributed by atoms with Gasteiger partial charge in [0.25, 0.3) is 0 Å². The predicted molar refractivity (Wildman–Crippen MR) is 73.1 cm³/mol. The monoisotopic (exact) mass is 243 g/mol. The number of nitrogens with two attached hydrogens (primary N) is 1. The van der Waals surface area contributed by atoms with E-state index in [4.69, 9.17) is 5.73 Å². The van der Waals surface area contributed by atoms with Crippen LogP contribution < -0.4 is 10.7 Å². The summed E-state index contributed by atoms with van der Waals surface area (Å²) in [5.74, 6) is 0.961. The van der Waals surface area contributed by atoms with Crippen molar-refractivity contribution in [1.29, 1.82) is 0 Å². The minimum atomic E-state index is 0.727. The van der Waals surface area contributed by atoms with Gasteiger partial charge < -0.3 is 5.73 Å². The molecule has 2 N–H and O–H groups in total. The normalized spacial score (nSPS) is 15.3. The minimum Gasteiger partial charge on any atom is -0.398 e. The summed E-state index contributed by atoms with van der Waals surface area (Å²) in [6, 6.07) is 3.88. The highest BCUT2D eigenvalue weighted by molar-refractivity contribution is 5.92. The molecule has 3 heterocycles. The SMILES string of the molecule is CCN1Cc2c(nc3ncccc3c2N)N1CC. The molecule has 5 nitrogen and oxygen atoms in total. The number of pyridine rings is 2. The predicted octanol–water partition coefficient (Wildman–Crippen LogP) is 1.79. The van der Waals surface area contributed by atoms with Gasteiger partial charge in [-0.15, -0.1) is 0 Å². The standard InChI is InChI=1S/C13H17N5/c1-3-17-8-10-11(14)9-6-5-7-15-12(9)16-13(10)18(17)4-2/h5-7H,3-4,8H2,1-2H3,(H2,14,15,16). The number of rotatable bonds is 2. The fraction of sp³-hybridized carbons (Fsp3) is 0.385. The number of anilines is 2. The van der Waals surface area contributed by atoms with Gasteiger partial charge in [0.15, 0.2) is 11.5 Å². The lowest BCUT2D eigenvalue weighted by Gasteiger charge is -2.26. The van der Waals surface area contributed by atoms with E-state index in [2.05, 4.69) is 33.8 Å². The molecule has 5 heteroatoms. The van der Waals surface area contributed by atoms with E-state index in [-0.39, 0.29) is 0 Å². The number of hydrazine groups is 1. The molecule has 18 heavy (non-hydrogen) atoms. The van der Waals surface area contributed by atoms with Gasteiger partial charge in [-0.3, -0.25) is 5.01 Å². The third-order valence-corrected chi connectivity index (χ3v) is 3.47. The van der Waals surface area contributed by atoms with Gasteiger partial charge in [-0.25, -0.2) is 15.0 Å². The Kier molecular flexibility index (Phi) is 2.56. The summed E-state index contributed by atoms with van der Waals surface area (Å²) in [4.78, 5) is 8.96. The molecule has 1 aliphatic rings. The Balaban J connectivity index is 2.24. The van der Waals surface area contributed by atoms with Gasteiger partial charge in [-0.05, 0) is 19.1 Å². The van der Waals surface area contributed by atoms with Crippen LogP contribution in [0.1, 0.15) is 19.4 Å². The van der Waals surface area contributed by atoms with Crippen LogP contribution >= 0.6 is 0 Å². The van der Waals surface area contributed by atoms with Crippen molar-refractivity contribution < 1.29 is 0 Å². The van der Waals surface area contributed by atoms with Crippen molar-refractivity contribution >= 4 is 22.5 Å². The summed E-state index contributed by atoms with van der Waals surface area (Å²) in [6.45, 7) is 6.95. The molecule has 0 atom stereocenters. The highest BCUT2D eigenvalue weighted by atomic mass is 15.7. The molecule has 2 aromatic rings. The van der Waals surface area contributed by atoms with Crippen molar-refractivity contribution in [2.45, 2.75) is 20.4 Å². The van der Waals surface area contributed by atoms with Gasteiger partial charge in [0.1, 0.15) is 0 Å². The van der Waals surface area contributed by atoms with Crippen LogP contribution in [0.5, 0.6) is 0 Å². The molecule has 2 aromatic heterocycles. The lowest BCUT2D eigenvalue weighted by molar-refractivity contribution is 0.280. The Morgan fingerprint density at radius 3 is 2.89 bits per heavy atom. The maximum Gasteiger partial charge on any atom is 0.163 e. The molecule has 3 rings (SSSR count). The van der Waals surface area contributed by atoms with Crippen LogP contribution in [0.3, 0.4) is 0 Å². The van der Waals surface area contributed by atoms with Gasteiger partial charge in [0, 0.05) is 36.8 Å². The summed E-state index contributed by atoms with van der Waals surface area (Å²) in [5.41, 5.74) is 8.94. The van der Waals surface area contributed by atoms with Crippen molar-refractivity contribution in [1.82, 2.24) is 15.0 Å². The summed E-state index contributed by atoms with van der Waals surface area (Å²) < 4.78 is 0. The fourth-order valence-electron chi connectivity index (χ4n) is 2.55. The quantitative estimate of drug-likeness (QED) is 0.871. The summed E-state index contributed by atoms with van der Waals surface area (Å²) >= 11 is 0. The van der Waals surface area contributed by atoms with Crippen LogP contribution in [0.4, 0.5) is 11.5 Å². The van der Waals surface area contributed by atoms with Gasteiger partial charge in [0.2, 0.25) is 0 Å². The van der Waals surface area contributed by atoms with E-state index in [0.29, 0.717) is 0 Å². The third-order valence-electron chi connectivity index (χ3n) is 3.47. The molecule has 0 unspecified atom stereocenters. The van der Waals surface area contributed by atoms with Crippen molar-refractivity contribution in [2.75, 3.05) is 23.8 Å². The molecule has 0 bridgehead atoms. The first-order valence-electron chi connectivity index (χ1n) is 6.31. The summed E-state index contributed by atoms with van der Waals surface area (Å²) in [7, 11) is 0. The zero-order chi connectivity index (χ0) is 12.7. The van der Waals surface area contributed by atoms with Gasteiger partial charge in [-0.1, -0.05) is 6.92 Å². The minimum absolute atomic E-state index is 0.727. The molecule has 0 saturated carbocycles. The lowest BCUT2D eigenvalue weighted by Crippen LogP contribution is -2.37. The molecular formula is C13H17N5. The van der Waals surface area contributed by atoms with Crippen molar-refractivity contribution in [3.63, 3.8) is 0 Å². The molecule has 0 fully saturated rings. The van der Waals surface area contributed by atoms with E-state index in [9.17, 15) is 0 Å². The Morgan fingerprint density at radius 2 is 2.17 bits per heavy atom. The number of nitrogen functional groups attached to an aromatic ring is 1. The maximum absolute atomic E-state index is 6.27. The average molecular weight is 243 g/mol. The molecule has 0 radical (unpaired) electrons. The second-order valence-electron chi connectivity index (χ2n) is 4.40. The number of nitrogens with zero attached hydrogens (tertiary/aromatic N) is 4. The van der Waals surface area contributed by atoms with E-state index in [0.717, 1.165) is 47.7 Å². The summed E-state index contributed by atoms with van der Waals surface area (Å²) in [5, 5.41) is 5.39. The maximum atomic E-state index is 6.27. The highest BCUT2D eigenvalue weighted by Crippen LogP contribution is 2.36. The lowest BCUT2D eigenvalue weighted by atomic mass is 10.1. The second-order valence-corrected chi connectivity index (χ2v) is 4.40. The molecule has 94 valence electrons. The molecular weight excluding hydrogens is 226 g/mol. The Bertz CT molecular complexity index is 595. The first-order chi connectivity index (χ1) is 8.76.